The molecule has 2 aromatic carbocycles. The first-order valence-corrected chi connectivity index (χ1v) is 11.2. The Balaban J connectivity index is 1.71. The maximum Gasteiger partial charge on any atom is 0.309 e. The van der Waals surface area contributed by atoms with Gasteiger partial charge in [0.05, 0.1) is 17.8 Å². The lowest BCUT2D eigenvalue weighted by atomic mass is 10.1. The van der Waals surface area contributed by atoms with E-state index in [2.05, 4.69) is 31.2 Å². The number of hydrogen-bond donors (Lipinski definition) is 0. The molecule has 0 N–H and O–H groups in total. The number of hydrogen-bond acceptors (Lipinski definition) is 5. The number of nitrogens with zero attached hydrogens (tertiary/aromatic N) is 3. The number of imidazole rings is 1. The van der Waals surface area contributed by atoms with Gasteiger partial charge in [-0.15, -0.1) is 0 Å². The molecule has 5 aromatic rings. The van der Waals surface area contributed by atoms with Crippen molar-refractivity contribution in [3.8, 4) is 17.1 Å². The number of rotatable bonds is 6. The Hall–Kier alpha value is -4.19. The van der Waals surface area contributed by atoms with Gasteiger partial charge in [0.25, 0.3) is 0 Å². The highest BCUT2D eigenvalue weighted by Gasteiger charge is 2.21. The summed E-state index contributed by atoms with van der Waals surface area (Å²) >= 11 is 0. The van der Waals surface area contributed by atoms with Gasteiger partial charge in [0.2, 0.25) is 5.88 Å². The summed E-state index contributed by atoms with van der Waals surface area (Å²) in [6.45, 7) is 5.35. The minimum absolute atomic E-state index is 0.390. The van der Waals surface area contributed by atoms with Crippen molar-refractivity contribution in [3.63, 3.8) is 0 Å². The van der Waals surface area contributed by atoms with Crippen LogP contribution in [0.25, 0.3) is 16.9 Å². The van der Waals surface area contributed by atoms with E-state index in [1.807, 2.05) is 60.0 Å². The van der Waals surface area contributed by atoms with Crippen LogP contribution in [0, 0.1) is 13.8 Å². The van der Waals surface area contributed by atoms with Crippen molar-refractivity contribution in [1.29, 1.82) is 0 Å². The second-order valence-corrected chi connectivity index (χ2v) is 8.44. The Morgan fingerprint density at radius 1 is 0.912 bits per heavy atom. The number of fused-ring (bicyclic) bond motifs is 1. The normalized spacial score (nSPS) is 11.1. The summed E-state index contributed by atoms with van der Waals surface area (Å²) in [5, 5.41) is 0. The SMILES string of the molecule is CC(=O)Oc1c(Cc2ccc(C)o2)nc2c(Cc3ccccc3)nc(-c3ccc(C)cc3)cn12. The second-order valence-electron chi connectivity index (χ2n) is 8.44. The van der Waals surface area contributed by atoms with E-state index in [4.69, 9.17) is 19.1 Å². The van der Waals surface area contributed by atoms with Gasteiger partial charge in [0, 0.05) is 25.1 Å². The standard InChI is InChI=1S/C28H25N3O3/c1-18-9-12-22(13-10-18)26-17-31-27(24(29-26)15-21-7-5-4-6-8-21)30-25(28(31)34-20(3)32)16-23-14-11-19(2)33-23/h4-14,17H,15-16H2,1-3H3. The molecule has 0 saturated carbocycles. The Labute approximate surface area is 197 Å². The second kappa shape index (κ2) is 8.98. The molecule has 0 aliphatic rings. The summed E-state index contributed by atoms with van der Waals surface area (Å²) < 4.78 is 13.3. The number of aromatic nitrogens is 3. The molecule has 6 heteroatoms. The summed E-state index contributed by atoms with van der Waals surface area (Å²) in [5.74, 6) is 1.56. The molecule has 0 saturated heterocycles. The summed E-state index contributed by atoms with van der Waals surface area (Å²) in [6, 6.07) is 22.2. The third kappa shape index (κ3) is 4.48. The van der Waals surface area contributed by atoms with E-state index < -0.39 is 5.97 Å². The van der Waals surface area contributed by atoms with E-state index in [0.29, 0.717) is 30.1 Å². The molecule has 3 aromatic heterocycles. The Bertz CT molecular complexity index is 1460. The van der Waals surface area contributed by atoms with Crippen LogP contribution in [0.3, 0.4) is 0 Å². The highest BCUT2D eigenvalue weighted by molar-refractivity contribution is 5.71. The van der Waals surface area contributed by atoms with Crippen LogP contribution in [-0.4, -0.2) is 20.3 Å². The molecule has 6 nitrogen and oxygen atoms in total. The number of aryl methyl sites for hydroxylation is 2. The molecule has 0 bridgehead atoms. The Morgan fingerprint density at radius 2 is 1.68 bits per heavy atom. The smallest absolute Gasteiger partial charge is 0.309 e. The Kier molecular flexibility index (Phi) is 5.72. The van der Waals surface area contributed by atoms with Crippen molar-refractivity contribution < 1.29 is 13.9 Å². The quantitative estimate of drug-likeness (QED) is 0.309. The fraction of sp³-hybridized carbons (Fsp3) is 0.179. The predicted octanol–water partition coefficient (Wildman–Crippen LogP) is 5.71. The summed E-state index contributed by atoms with van der Waals surface area (Å²) in [7, 11) is 0. The van der Waals surface area contributed by atoms with Gasteiger partial charge < -0.3 is 9.15 Å². The fourth-order valence-electron chi connectivity index (χ4n) is 4.01. The van der Waals surface area contributed by atoms with Crippen LogP contribution in [0.4, 0.5) is 0 Å². The number of carbonyl (C=O) groups excluding carboxylic acids is 1. The Morgan fingerprint density at radius 3 is 2.35 bits per heavy atom. The van der Waals surface area contributed by atoms with Crippen LogP contribution < -0.4 is 4.74 Å². The van der Waals surface area contributed by atoms with Crippen molar-refractivity contribution in [3.05, 3.63) is 107 Å². The van der Waals surface area contributed by atoms with Crippen LogP contribution in [-0.2, 0) is 17.6 Å². The van der Waals surface area contributed by atoms with Crippen molar-refractivity contribution >= 4 is 11.6 Å². The molecule has 0 spiro atoms. The van der Waals surface area contributed by atoms with E-state index in [1.54, 1.807) is 0 Å². The first-order chi connectivity index (χ1) is 16.5. The maximum atomic E-state index is 12.0. The van der Waals surface area contributed by atoms with Crippen molar-refractivity contribution in [1.82, 2.24) is 14.4 Å². The van der Waals surface area contributed by atoms with E-state index >= 15 is 0 Å². The van der Waals surface area contributed by atoms with Crippen molar-refractivity contribution in [2.24, 2.45) is 0 Å². The average Bonchev–Trinajstić information content (AvgIpc) is 3.38. The predicted molar refractivity (Wildman–Crippen MR) is 130 cm³/mol. The minimum atomic E-state index is -0.406. The summed E-state index contributed by atoms with van der Waals surface area (Å²) in [4.78, 5) is 21.9. The van der Waals surface area contributed by atoms with Gasteiger partial charge in [-0.25, -0.2) is 9.97 Å². The first-order valence-electron chi connectivity index (χ1n) is 11.2. The molecule has 5 rings (SSSR count). The molecule has 0 radical (unpaired) electrons. The van der Waals surface area contributed by atoms with Gasteiger partial charge in [0.1, 0.15) is 17.2 Å². The van der Waals surface area contributed by atoms with Crippen LogP contribution in [0.5, 0.6) is 5.88 Å². The van der Waals surface area contributed by atoms with Crippen LogP contribution >= 0.6 is 0 Å². The lowest BCUT2D eigenvalue weighted by Gasteiger charge is -2.10. The van der Waals surface area contributed by atoms with Crippen LogP contribution in [0.2, 0.25) is 0 Å². The highest BCUT2D eigenvalue weighted by atomic mass is 16.5. The molecular formula is C28H25N3O3. The van der Waals surface area contributed by atoms with Crippen molar-refractivity contribution in [2.75, 3.05) is 0 Å². The zero-order valence-corrected chi connectivity index (χ0v) is 19.4. The third-order valence-corrected chi connectivity index (χ3v) is 5.64. The van der Waals surface area contributed by atoms with Gasteiger partial charge in [0.15, 0.2) is 5.65 Å². The fourth-order valence-corrected chi connectivity index (χ4v) is 4.01. The average molecular weight is 452 g/mol. The number of carbonyl (C=O) groups is 1. The minimum Gasteiger partial charge on any atom is -0.466 e. The number of ether oxygens (including phenoxy) is 1. The molecular weight excluding hydrogens is 426 g/mol. The lowest BCUT2D eigenvalue weighted by Crippen LogP contribution is -2.07. The molecule has 3 heterocycles. The van der Waals surface area contributed by atoms with E-state index in [1.165, 1.54) is 12.5 Å². The van der Waals surface area contributed by atoms with E-state index in [-0.39, 0.29) is 0 Å². The highest BCUT2D eigenvalue weighted by Crippen LogP contribution is 2.29. The van der Waals surface area contributed by atoms with Crippen LogP contribution in [0.15, 0.2) is 77.3 Å². The first kappa shape index (κ1) is 21.6. The topological polar surface area (TPSA) is 69.6 Å². The molecule has 170 valence electrons. The van der Waals surface area contributed by atoms with Crippen LogP contribution in [0.1, 0.15) is 41.0 Å². The van der Waals surface area contributed by atoms with E-state index in [0.717, 1.165) is 34.0 Å². The third-order valence-electron chi connectivity index (χ3n) is 5.64. The number of benzene rings is 2. The largest absolute Gasteiger partial charge is 0.466 e. The molecule has 0 unspecified atom stereocenters. The van der Waals surface area contributed by atoms with Gasteiger partial charge in [-0.3, -0.25) is 9.20 Å². The monoisotopic (exact) mass is 451 g/mol. The molecule has 0 atom stereocenters. The lowest BCUT2D eigenvalue weighted by molar-refractivity contribution is -0.132. The van der Waals surface area contributed by atoms with Gasteiger partial charge in [-0.05, 0) is 31.5 Å². The number of furan rings is 1. The van der Waals surface area contributed by atoms with Gasteiger partial charge in [-0.2, -0.15) is 0 Å². The van der Waals surface area contributed by atoms with Crippen molar-refractivity contribution in [2.45, 2.75) is 33.6 Å². The zero-order chi connectivity index (χ0) is 23.7. The molecule has 0 aliphatic carbocycles. The van der Waals surface area contributed by atoms with Gasteiger partial charge >= 0.3 is 5.97 Å². The zero-order valence-electron chi connectivity index (χ0n) is 19.4. The van der Waals surface area contributed by atoms with E-state index in [9.17, 15) is 4.79 Å². The molecule has 0 amide bonds. The molecule has 34 heavy (non-hydrogen) atoms. The molecule has 0 aliphatic heterocycles. The summed E-state index contributed by atoms with van der Waals surface area (Å²) in [6.07, 6.45) is 2.89. The molecule has 0 fully saturated rings. The van der Waals surface area contributed by atoms with Gasteiger partial charge in [-0.1, -0.05) is 60.2 Å². The maximum absolute atomic E-state index is 12.0. The summed E-state index contributed by atoms with van der Waals surface area (Å²) in [5.41, 5.74) is 6.15. The number of esters is 1.